The van der Waals surface area contributed by atoms with Crippen LogP contribution in [-0.4, -0.2) is 0 Å². The maximum Gasteiger partial charge on any atom is 0.0695 e. The molecule has 0 bridgehead atoms. The quantitative estimate of drug-likeness (QED) is 0.284. The molecule has 0 aromatic rings. The summed E-state index contributed by atoms with van der Waals surface area (Å²) in [5.74, 6) is 0. The molecule has 0 unspecified atom stereocenters. The van der Waals surface area contributed by atoms with Gasteiger partial charge in [-0.3, -0.25) is 0 Å². The van der Waals surface area contributed by atoms with E-state index in [4.69, 9.17) is 55.9 Å². The van der Waals surface area contributed by atoms with E-state index in [1.54, 1.807) is 0 Å². The van der Waals surface area contributed by atoms with Crippen molar-refractivity contribution in [3.05, 3.63) is 0 Å². The van der Waals surface area contributed by atoms with Gasteiger partial charge in [-0.2, -0.15) is 0 Å². The first kappa shape index (κ1) is 31.0. The van der Waals surface area contributed by atoms with E-state index in [0.717, 1.165) is 0 Å². The minimum Gasteiger partial charge on any atom is -0.357 e. The summed E-state index contributed by atoms with van der Waals surface area (Å²) in [5, 5.41) is 0. The van der Waals surface area contributed by atoms with Gasteiger partial charge in [0.05, 0.1) is 43.1 Å². The monoisotopic (exact) mass is 525 g/mol. The van der Waals surface area contributed by atoms with Gasteiger partial charge in [-0.25, -0.2) is 0 Å². The van der Waals surface area contributed by atoms with E-state index in [-0.39, 0.29) is 20.1 Å². The third-order valence-electron chi connectivity index (χ3n) is 0. The molecule has 0 saturated carbocycles. The van der Waals surface area contributed by atoms with Crippen LogP contribution in [0, 0.1) is 43.1 Å². The van der Waals surface area contributed by atoms with Crippen LogP contribution in [-0.2, 0) is 20.1 Å². The van der Waals surface area contributed by atoms with Gasteiger partial charge in [-0.1, -0.05) is 0 Å². The van der Waals surface area contributed by atoms with Crippen molar-refractivity contribution < 1.29 is 119 Å². The summed E-state index contributed by atoms with van der Waals surface area (Å²) >= 11 is 0. The minimum absolute atomic E-state index is 0. The normalized spacial score (nSPS) is 8.47. The molecule has 0 aromatic carbocycles. The summed E-state index contributed by atoms with van der Waals surface area (Å²) in [6, 6.07) is 0. The smallest absolute Gasteiger partial charge is 0.0695 e. The molecule has 0 aliphatic rings. The van der Waals surface area contributed by atoms with Crippen LogP contribution in [0.4, 0.5) is 0 Å². The Kier molecular flexibility index (Phi) is 47.4. The van der Waals surface area contributed by atoms with Crippen LogP contribution in [0.5, 0.6) is 0 Å². The number of rotatable bonds is 0. The summed E-state index contributed by atoms with van der Waals surface area (Å²) in [4.78, 5) is 0. The Labute approximate surface area is 119 Å². The first-order valence-electron chi connectivity index (χ1n) is 1.85. The van der Waals surface area contributed by atoms with E-state index in [1.165, 1.54) is 0 Å². The summed E-state index contributed by atoms with van der Waals surface area (Å²) in [5.41, 5.74) is 0. The Hall–Kier alpha value is 1.33. The molecule has 0 N–H and O–H groups in total. The zero-order valence-electron chi connectivity index (χ0n) is 6.74. The third kappa shape index (κ3) is 2300. The molecule has 0 aliphatic heterocycles. The maximum absolute atomic E-state index is 8.41. The van der Waals surface area contributed by atoms with E-state index < -0.39 is 43.1 Å². The van der Waals surface area contributed by atoms with Crippen LogP contribution in [0.3, 0.4) is 0 Å². The second kappa shape index (κ2) is 26.0. The van der Waals surface area contributed by atoms with Crippen molar-refractivity contribution in [2.24, 2.45) is 0 Å². The van der Waals surface area contributed by atoms with Gasteiger partial charge < -0.3 is 55.9 Å². The van der Waals surface area contributed by atoms with Crippen LogP contribution < -0.4 is 55.9 Å². The van der Waals surface area contributed by atoms with Crippen LogP contribution in [0.25, 0.3) is 0 Å². The molecule has 0 spiro atoms. The predicted molar refractivity (Wildman–Crippen MR) is 0 cm³/mol. The van der Waals surface area contributed by atoms with Crippen LogP contribution in [0.1, 0.15) is 0 Å². The van der Waals surface area contributed by atoms with Crippen molar-refractivity contribution in [1.29, 1.82) is 0 Å². The molecule has 1 radical (unpaired) electrons. The zero-order valence-corrected chi connectivity index (χ0v) is 12.2. The molecular weight excluding hydrogens is 526 g/mol. The van der Waals surface area contributed by atoms with E-state index in [0.29, 0.717) is 0 Å². The van der Waals surface area contributed by atoms with E-state index in [1.807, 2.05) is 0 Å². The fraction of sp³-hybridized carbons (Fsp3) is 0. The Balaban J connectivity index is -0.0000000369. The van der Waals surface area contributed by atoms with Gasteiger partial charge in [0.15, 0.2) is 0 Å². The Morgan fingerprint density at radius 1 is 0.294 bits per heavy atom. The molecule has 17 heavy (non-hydrogen) atoms. The van der Waals surface area contributed by atoms with E-state index >= 15 is 0 Å². The maximum atomic E-state index is 8.41. The molecule has 113 valence electrons. The molecule has 0 aliphatic carbocycles. The molecule has 0 saturated heterocycles. The zero-order chi connectivity index (χ0) is 14.3. The molecule has 0 aromatic heterocycles. The molecule has 0 rings (SSSR count). The third-order valence-corrected chi connectivity index (χ3v) is 0. The van der Waals surface area contributed by atoms with Crippen molar-refractivity contribution >= 4 is 0 Å². The number of hydrogen-bond donors (Lipinski definition) is 0. The van der Waals surface area contributed by atoms with Crippen molar-refractivity contribution in [3.63, 3.8) is 0 Å². The molecular formula is Cl4IrO12-4. The molecule has 0 fully saturated rings. The second-order valence-electron chi connectivity index (χ2n) is 0.756. The molecule has 17 heteroatoms. The Morgan fingerprint density at radius 3 is 0.294 bits per heavy atom. The topological polar surface area (TPSA) is 277 Å². The largest absolute Gasteiger partial charge is 0.357 e. The standard InChI is InChI=1S/4ClO3.Ir/c4*2-1(3)4;/q4*-1;. The van der Waals surface area contributed by atoms with Gasteiger partial charge in [-0.15, -0.1) is 0 Å². The summed E-state index contributed by atoms with van der Waals surface area (Å²) in [7, 11) is -11.4. The van der Waals surface area contributed by atoms with E-state index in [9.17, 15) is 0 Å². The van der Waals surface area contributed by atoms with E-state index in [2.05, 4.69) is 0 Å². The average Bonchev–Trinajstić information content (AvgIpc) is 1.76. The molecule has 12 nitrogen and oxygen atoms in total. The fourth-order valence-electron chi connectivity index (χ4n) is 0. The Bertz CT molecular complexity index is 61.5. The van der Waals surface area contributed by atoms with Gasteiger partial charge in [0, 0.05) is 20.1 Å². The van der Waals surface area contributed by atoms with Gasteiger partial charge in [0.1, 0.15) is 0 Å². The first-order valence-corrected chi connectivity index (χ1v) is 5.55. The van der Waals surface area contributed by atoms with Gasteiger partial charge in [0.2, 0.25) is 0 Å². The summed E-state index contributed by atoms with van der Waals surface area (Å²) in [6.07, 6.45) is 0. The van der Waals surface area contributed by atoms with Crippen molar-refractivity contribution in [3.8, 4) is 0 Å². The number of hydrogen-bond acceptors (Lipinski definition) is 12. The van der Waals surface area contributed by atoms with Gasteiger partial charge >= 0.3 is 0 Å². The van der Waals surface area contributed by atoms with Crippen LogP contribution >= 0.6 is 0 Å². The fourth-order valence-corrected chi connectivity index (χ4v) is 0. The van der Waals surface area contributed by atoms with Crippen LogP contribution in [0.15, 0.2) is 0 Å². The second-order valence-corrected chi connectivity index (χ2v) is 2.27. The van der Waals surface area contributed by atoms with Crippen LogP contribution in [0.2, 0.25) is 0 Å². The first-order chi connectivity index (χ1) is 6.93. The minimum atomic E-state index is -2.85. The van der Waals surface area contributed by atoms with Gasteiger partial charge in [-0.05, 0) is 0 Å². The number of halogens is 4. The average molecular weight is 526 g/mol. The van der Waals surface area contributed by atoms with Crippen molar-refractivity contribution in [1.82, 2.24) is 0 Å². The summed E-state index contributed by atoms with van der Waals surface area (Å²) in [6.45, 7) is 0. The van der Waals surface area contributed by atoms with Gasteiger partial charge in [0.25, 0.3) is 0 Å². The molecule has 0 heterocycles. The molecule has 0 atom stereocenters. The van der Waals surface area contributed by atoms with Crippen molar-refractivity contribution in [2.75, 3.05) is 0 Å². The Morgan fingerprint density at radius 2 is 0.294 bits per heavy atom. The van der Waals surface area contributed by atoms with Crippen molar-refractivity contribution in [2.45, 2.75) is 0 Å². The predicted octanol–water partition coefficient (Wildman–Crippen LogP) is -14.3. The summed E-state index contributed by atoms with van der Waals surface area (Å²) < 4.78 is 101. The SMILES string of the molecule is [Ir].[O-][Cl+2]([O-])[O-].[O-][Cl+2]([O-])[O-].[O-][Cl+2]([O-])[O-].[O-][Cl+2]([O-])[O-]. The molecule has 0 amide bonds.